The summed E-state index contributed by atoms with van der Waals surface area (Å²) >= 11 is 0. The average Bonchev–Trinajstić information content (AvgIpc) is 2.54. The number of piperazine rings is 1. The predicted octanol–water partition coefficient (Wildman–Crippen LogP) is 1.86. The van der Waals surface area contributed by atoms with Gasteiger partial charge >= 0.3 is 0 Å². The number of hydrogen-bond donors (Lipinski definition) is 2. The van der Waals surface area contributed by atoms with Crippen LogP contribution in [0.1, 0.15) is 31.9 Å². The van der Waals surface area contributed by atoms with Gasteiger partial charge in [-0.3, -0.25) is 4.90 Å². The molecule has 2 N–H and O–H groups in total. The van der Waals surface area contributed by atoms with Gasteiger partial charge in [-0.25, -0.2) is 0 Å². The van der Waals surface area contributed by atoms with E-state index in [0.717, 1.165) is 45.7 Å². The van der Waals surface area contributed by atoms with Gasteiger partial charge in [0.15, 0.2) is 0 Å². The lowest BCUT2D eigenvalue weighted by Crippen LogP contribution is -2.47. The van der Waals surface area contributed by atoms with Gasteiger partial charge in [0.2, 0.25) is 0 Å². The Morgan fingerprint density at radius 3 is 2.57 bits per heavy atom. The average molecular weight is 291 g/mol. The summed E-state index contributed by atoms with van der Waals surface area (Å²) in [5.74, 6) is 0. The molecule has 1 aliphatic heterocycles. The molecule has 0 amide bonds. The van der Waals surface area contributed by atoms with Crippen LogP contribution in [0.15, 0.2) is 24.3 Å². The van der Waals surface area contributed by atoms with E-state index in [4.69, 9.17) is 5.11 Å². The van der Waals surface area contributed by atoms with E-state index in [1.165, 1.54) is 11.3 Å². The van der Waals surface area contributed by atoms with Crippen LogP contribution in [0.3, 0.4) is 0 Å². The maximum absolute atomic E-state index is 9.04. The number of aliphatic hydroxyl groups excluding tert-OH is 1. The van der Waals surface area contributed by atoms with Crippen molar-refractivity contribution in [1.82, 2.24) is 10.2 Å². The second-order valence-electron chi connectivity index (χ2n) is 5.79. The molecule has 1 saturated heterocycles. The molecule has 0 aliphatic carbocycles. The van der Waals surface area contributed by atoms with Crippen LogP contribution in [-0.2, 0) is 0 Å². The Labute approximate surface area is 128 Å². The number of rotatable bonds is 7. The number of aliphatic hydroxyl groups is 1. The molecule has 2 rings (SSSR count). The standard InChI is InChI=1S/C17H29N3O/c1-3-8-18-15(2)16-6-4-5-7-17(16)20-11-9-19(10-12-20)13-14-21/h4-7,15,18,21H,3,8-14H2,1-2H3. The molecule has 1 aromatic carbocycles. The van der Waals surface area contributed by atoms with E-state index in [1.807, 2.05) is 0 Å². The minimum Gasteiger partial charge on any atom is -0.395 e. The summed E-state index contributed by atoms with van der Waals surface area (Å²) in [6.07, 6.45) is 1.16. The maximum atomic E-state index is 9.04. The smallest absolute Gasteiger partial charge is 0.0558 e. The molecule has 0 radical (unpaired) electrons. The van der Waals surface area contributed by atoms with Crippen LogP contribution in [0.2, 0.25) is 0 Å². The Balaban J connectivity index is 2.03. The van der Waals surface area contributed by atoms with Crippen molar-refractivity contribution >= 4 is 5.69 Å². The Morgan fingerprint density at radius 1 is 1.19 bits per heavy atom. The second-order valence-corrected chi connectivity index (χ2v) is 5.79. The van der Waals surface area contributed by atoms with Gasteiger partial charge in [0, 0.05) is 44.5 Å². The van der Waals surface area contributed by atoms with Gasteiger partial charge in [0.1, 0.15) is 0 Å². The highest BCUT2D eigenvalue weighted by Gasteiger charge is 2.20. The van der Waals surface area contributed by atoms with Gasteiger partial charge in [-0.2, -0.15) is 0 Å². The number of benzene rings is 1. The van der Waals surface area contributed by atoms with E-state index in [9.17, 15) is 0 Å². The van der Waals surface area contributed by atoms with Crippen LogP contribution in [-0.4, -0.2) is 55.9 Å². The quantitative estimate of drug-likeness (QED) is 0.804. The van der Waals surface area contributed by atoms with Crippen molar-refractivity contribution in [2.45, 2.75) is 26.3 Å². The fourth-order valence-electron chi connectivity index (χ4n) is 2.97. The van der Waals surface area contributed by atoms with Crippen LogP contribution < -0.4 is 10.2 Å². The number of para-hydroxylation sites is 1. The van der Waals surface area contributed by atoms with Crippen molar-refractivity contribution in [1.29, 1.82) is 0 Å². The lowest BCUT2D eigenvalue weighted by Gasteiger charge is -2.37. The lowest BCUT2D eigenvalue weighted by atomic mass is 10.0. The number of β-amino-alcohol motifs (C(OH)–C–C–N with tert-alkyl or cyclic N) is 1. The van der Waals surface area contributed by atoms with E-state index in [0.29, 0.717) is 6.04 Å². The monoisotopic (exact) mass is 291 g/mol. The topological polar surface area (TPSA) is 38.7 Å². The fourth-order valence-corrected chi connectivity index (χ4v) is 2.97. The summed E-state index contributed by atoms with van der Waals surface area (Å²) in [6.45, 7) is 10.7. The summed E-state index contributed by atoms with van der Waals surface area (Å²) in [5, 5.41) is 12.6. The van der Waals surface area contributed by atoms with E-state index >= 15 is 0 Å². The normalized spacial score (nSPS) is 18.0. The number of hydrogen-bond acceptors (Lipinski definition) is 4. The van der Waals surface area contributed by atoms with Crippen molar-refractivity contribution in [2.24, 2.45) is 0 Å². The first-order valence-electron chi connectivity index (χ1n) is 8.16. The molecule has 1 heterocycles. The maximum Gasteiger partial charge on any atom is 0.0558 e. The van der Waals surface area contributed by atoms with Gasteiger partial charge in [-0.15, -0.1) is 0 Å². The molecule has 1 unspecified atom stereocenters. The summed E-state index contributed by atoms with van der Waals surface area (Å²) in [7, 11) is 0. The molecule has 4 heteroatoms. The summed E-state index contributed by atoms with van der Waals surface area (Å²) < 4.78 is 0. The SMILES string of the molecule is CCCNC(C)c1ccccc1N1CCN(CCO)CC1. The van der Waals surface area contributed by atoms with Crippen molar-refractivity contribution in [2.75, 3.05) is 50.8 Å². The van der Waals surface area contributed by atoms with E-state index in [-0.39, 0.29) is 6.61 Å². The van der Waals surface area contributed by atoms with Crippen LogP contribution in [0.5, 0.6) is 0 Å². The van der Waals surface area contributed by atoms with E-state index in [2.05, 4.69) is 53.2 Å². The van der Waals surface area contributed by atoms with Gasteiger partial charge in [0.25, 0.3) is 0 Å². The highest BCUT2D eigenvalue weighted by Crippen LogP contribution is 2.27. The molecule has 118 valence electrons. The first kappa shape index (κ1) is 16.3. The minimum absolute atomic E-state index is 0.258. The Kier molecular flexibility index (Phi) is 6.49. The Bertz CT molecular complexity index is 416. The molecule has 1 aromatic rings. The first-order valence-corrected chi connectivity index (χ1v) is 8.16. The summed E-state index contributed by atoms with van der Waals surface area (Å²) in [5.41, 5.74) is 2.75. The number of nitrogens with one attached hydrogen (secondary N) is 1. The molecule has 1 atom stereocenters. The zero-order valence-electron chi connectivity index (χ0n) is 13.4. The van der Waals surface area contributed by atoms with Crippen molar-refractivity contribution in [3.05, 3.63) is 29.8 Å². The van der Waals surface area contributed by atoms with Crippen LogP contribution >= 0.6 is 0 Å². The molecule has 21 heavy (non-hydrogen) atoms. The molecular weight excluding hydrogens is 262 g/mol. The first-order chi connectivity index (χ1) is 10.3. The third kappa shape index (κ3) is 4.43. The van der Waals surface area contributed by atoms with E-state index < -0.39 is 0 Å². The molecule has 4 nitrogen and oxygen atoms in total. The van der Waals surface area contributed by atoms with Crippen LogP contribution in [0.25, 0.3) is 0 Å². The zero-order chi connectivity index (χ0) is 15.1. The van der Waals surface area contributed by atoms with Gasteiger partial charge < -0.3 is 15.3 Å². The number of anilines is 1. The summed E-state index contributed by atoms with van der Waals surface area (Å²) in [6, 6.07) is 9.12. The van der Waals surface area contributed by atoms with Gasteiger partial charge in [-0.05, 0) is 31.5 Å². The lowest BCUT2D eigenvalue weighted by molar-refractivity contribution is 0.188. The second kappa shape index (κ2) is 8.37. The molecule has 0 spiro atoms. The highest BCUT2D eigenvalue weighted by atomic mass is 16.3. The third-order valence-corrected chi connectivity index (χ3v) is 4.23. The molecule has 0 aromatic heterocycles. The van der Waals surface area contributed by atoms with Gasteiger partial charge in [0.05, 0.1) is 6.61 Å². The third-order valence-electron chi connectivity index (χ3n) is 4.23. The zero-order valence-corrected chi connectivity index (χ0v) is 13.4. The van der Waals surface area contributed by atoms with Crippen molar-refractivity contribution < 1.29 is 5.11 Å². The van der Waals surface area contributed by atoms with Crippen LogP contribution in [0, 0.1) is 0 Å². The van der Waals surface area contributed by atoms with Crippen LogP contribution in [0.4, 0.5) is 5.69 Å². The fraction of sp³-hybridized carbons (Fsp3) is 0.647. The Morgan fingerprint density at radius 2 is 1.90 bits per heavy atom. The van der Waals surface area contributed by atoms with Crippen molar-refractivity contribution in [3.8, 4) is 0 Å². The summed E-state index contributed by atoms with van der Waals surface area (Å²) in [4.78, 5) is 4.81. The van der Waals surface area contributed by atoms with Gasteiger partial charge in [-0.1, -0.05) is 25.1 Å². The number of nitrogens with zero attached hydrogens (tertiary/aromatic N) is 2. The molecule has 1 aliphatic rings. The Hall–Kier alpha value is -1.10. The highest BCUT2D eigenvalue weighted by molar-refractivity contribution is 5.55. The molecule has 1 fully saturated rings. The largest absolute Gasteiger partial charge is 0.395 e. The molecule has 0 bridgehead atoms. The van der Waals surface area contributed by atoms with E-state index in [1.54, 1.807) is 0 Å². The minimum atomic E-state index is 0.258. The molecular formula is C17H29N3O. The molecule has 0 saturated carbocycles. The predicted molar refractivity (Wildman–Crippen MR) is 88.9 cm³/mol. The van der Waals surface area contributed by atoms with Crippen molar-refractivity contribution in [3.63, 3.8) is 0 Å².